The SMILES string of the molecule is CC(C)(C)OC(=O)NNCC1CCCCN1C(=O)OC(C)(C)C. The van der Waals surface area contributed by atoms with Crippen molar-refractivity contribution in [3.63, 3.8) is 0 Å². The van der Waals surface area contributed by atoms with Crippen LogP contribution in [0.15, 0.2) is 0 Å². The van der Waals surface area contributed by atoms with Gasteiger partial charge in [-0.2, -0.15) is 0 Å². The topological polar surface area (TPSA) is 79.9 Å². The minimum atomic E-state index is -0.543. The largest absolute Gasteiger partial charge is 0.444 e. The quantitative estimate of drug-likeness (QED) is 0.778. The van der Waals surface area contributed by atoms with E-state index in [1.807, 2.05) is 20.8 Å². The maximum absolute atomic E-state index is 12.3. The smallest absolute Gasteiger partial charge is 0.422 e. The van der Waals surface area contributed by atoms with Crippen LogP contribution in [0.3, 0.4) is 0 Å². The fourth-order valence-electron chi connectivity index (χ4n) is 2.32. The van der Waals surface area contributed by atoms with E-state index in [-0.39, 0.29) is 12.1 Å². The van der Waals surface area contributed by atoms with Crippen molar-refractivity contribution in [3.05, 3.63) is 0 Å². The Hall–Kier alpha value is -1.50. The molecule has 0 bridgehead atoms. The zero-order valence-electron chi connectivity index (χ0n) is 15.2. The second kappa shape index (κ2) is 7.86. The minimum absolute atomic E-state index is 0.00598. The summed E-state index contributed by atoms with van der Waals surface area (Å²) in [6.45, 7) is 12.1. The normalized spacial score (nSPS) is 19.2. The Morgan fingerprint density at radius 2 is 1.65 bits per heavy atom. The Bertz CT molecular complexity index is 413. The van der Waals surface area contributed by atoms with Gasteiger partial charge in [0.2, 0.25) is 0 Å². The third-order valence-corrected chi connectivity index (χ3v) is 3.18. The van der Waals surface area contributed by atoms with Crippen molar-refractivity contribution in [2.75, 3.05) is 13.1 Å². The lowest BCUT2D eigenvalue weighted by Gasteiger charge is -2.36. The highest BCUT2D eigenvalue weighted by Crippen LogP contribution is 2.19. The standard InChI is InChI=1S/C16H31N3O4/c1-15(2,3)22-13(20)18-17-11-12-9-7-8-10-19(12)14(21)23-16(4,5)6/h12,17H,7-11H2,1-6H3,(H,18,20). The van der Waals surface area contributed by atoms with Crippen molar-refractivity contribution in [1.82, 2.24) is 15.8 Å². The Labute approximate surface area is 139 Å². The summed E-state index contributed by atoms with van der Waals surface area (Å²) < 4.78 is 10.6. The summed E-state index contributed by atoms with van der Waals surface area (Å²) in [6, 6.07) is -0.00598. The van der Waals surface area contributed by atoms with Gasteiger partial charge in [0, 0.05) is 19.1 Å². The van der Waals surface area contributed by atoms with Crippen molar-refractivity contribution in [2.45, 2.75) is 78.0 Å². The molecule has 1 aliphatic heterocycles. The van der Waals surface area contributed by atoms with E-state index in [1.165, 1.54) is 0 Å². The molecule has 1 heterocycles. The number of ether oxygens (including phenoxy) is 2. The zero-order valence-corrected chi connectivity index (χ0v) is 15.2. The molecule has 0 spiro atoms. The molecule has 0 aliphatic carbocycles. The number of carbonyl (C=O) groups excluding carboxylic acids is 2. The van der Waals surface area contributed by atoms with Crippen LogP contribution in [0.2, 0.25) is 0 Å². The third-order valence-electron chi connectivity index (χ3n) is 3.18. The van der Waals surface area contributed by atoms with Gasteiger partial charge in [0.05, 0.1) is 0 Å². The number of likely N-dealkylation sites (tertiary alicyclic amines) is 1. The van der Waals surface area contributed by atoms with Crippen LogP contribution in [0.5, 0.6) is 0 Å². The van der Waals surface area contributed by atoms with Gasteiger partial charge in [-0.05, 0) is 60.8 Å². The van der Waals surface area contributed by atoms with E-state index < -0.39 is 17.3 Å². The number of piperidine rings is 1. The second-order valence-corrected chi connectivity index (χ2v) is 7.83. The Morgan fingerprint density at radius 1 is 1.04 bits per heavy atom. The first kappa shape index (κ1) is 19.5. The number of hydrogen-bond acceptors (Lipinski definition) is 5. The number of nitrogens with one attached hydrogen (secondary N) is 2. The molecule has 1 aliphatic rings. The molecule has 1 saturated heterocycles. The molecule has 1 atom stereocenters. The summed E-state index contributed by atoms with van der Waals surface area (Å²) in [5.41, 5.74) is 4.30. The van der Waals surface area contributed by atoms with Crippen molar-refractivity contribution in [1.29, 1.82) is 0 Å². The maximum Gasteiger partial charge on any atom is 0.422 e. The monoisotopic (exact) mass is 329 g/mol. The van der Waals surface area contributed by atoms with Gasteiger partial charge in [0.1, 0.15) is 11.2 Å². The molecule has 7 heteroatoms. The molecule has 134 valence electrons. The van der Waals surface area contributed by atoms with Crippen molar-refractivity contribution < 1.29 is 19.1 Å². The summed E-state index contributed by atoms with van der Waals surface area (Å²) >= 11 is 0. The minimum Gasteiger partial charge on any atom is -0.444 e. The molecule has 1 fully saturated rings. The molecule has 1 rings (SSSR count). The van der Waals surface area contributed by atoms with E-state index in [4.69, 9.17) is 9.47 Å². The summed E-state index contributed by atoms with van der Waals surface area (Å²) in [6.07, 6.45) is 2.06. The highest BCUT2D eigenvalue weighted by atomic mass is 16.6. The van der Waals surface area contributed by atoms with Crippen molar-refractivity contribution in [3.8, 4) is 0 Å². The zero-order chi connectivity index (χ0) is 17.7. The van der Waals surface area contributed by atoms with Gasteiger partial charge in [0.15, 0.2) is 0 Å². The molecule has 0 aromatic heterocycles. The van der Waals surface area contributed by atoms with Crippen molar-refractivity contribution in [2.24, 2.45) is 0 Å². The van der Waals surface area contributed by atoms with Gasteiger partial charge >= 0.3 is 12.2 Å². The first-order valence-electron chi connectivity index (χ1n) is 8.19. The van der Waals surface area contributed by atoms with Gasteiger partial charge < -0.3 is 14.4 Å². The molecular weight excluding hydrogens is 298 g/mol. The van der Waals surface area contributed by atoms with E-state index in [1.54, 1.807) is 25.7 Å². The lowest BCUT2D eigenvalue weighted by molar-refractivity contribution is 0.00938. The number of hydrazine groups is 1. The molecule has 0 saturated carbocycles. The molecule has 1 unspecified atom stereocenters. The summed E-state index contributed by atoms with van der Waals surface area (Å²) in [7, 11) is 0. The average Bonchev–Trinajstić information content (AvgIpc) is 2.35. The van der Waals surface area contributed by atoms with Gasteiger partial charge in [-0.3, -0.25) is 5.43 Å². The van der Waals surface area contributed by atoms with Gasteiger partial charge in [-0.25, -0.2) is 15.0 Å². The molecular formula is C16H31N3O4. The first-order chi connectivity index (χ1) is 10.5. The molecule has 0 aromatic rings. The predicted molar refractivity (Wildman–Crippen MR) is 88.0 cm³/mol. The van der Waals surface area contributed by atoms with Crippen LogP contribution < -0.4 is 10.9 Å². The second-order valence-electron chi connectivity index (χ2n) is 7.83. The van der Waals surface area contributed by atoms with E-state index in [2.05, 4.69) is 10.9 Å². The Morgan fingerprint density at radius 3 is 2.22 bits per heavy atom. The highest BCUT2D eigenvalue weighted by Gasteiger charge is 2.30. The number of carbonyl (C=O) groups is 2. The predicted octanol–water partition coefficient (Wildman–Crippen LogP) is 2.81. The number of nitrogens with zero attached hydrogens (tertiary/aromatic N) is 1. The molecule has 0 aromatic carbocycles. The van der Waals surface area contributed by atoms with Gasteiger partial charge in [-0.15, -0.1) is 0 Å². The summed E-state index contributed by atoms with van der Waals surface area (Å²) in [4.78, 5) is 25.6. The molecule has 0 radical (unpaired) electrons. The average molecular weight is 329 g/mol. The molecule has 2 N–H and O–H groups in total. The van der Waals surface area contributed by atoms with Crippen LogP contribution in [-0.2, 0) is 9.47 Å². The van der Waals surface area contributed by atoms with E-state index in [0.717, 1.165) is 19.3 Å². The maximum atomic E-state index is 12.3. The van der Waals surface area contributed by atoms with Crippen LogP contribution in [0, 0.1) is 0 Å². The van der Waals surface area contributed by atoms with Crippen LogP contribution in [0.4, 0.5) is 9.59 Å². The highest BCUT2D eigenvalue weighted by molar-refractivity contribution is 5.69. The van der Waals surface area contributed by atoms with Crippen LogP contribution in [0.1, 0.15) is 60.8 Å². The summed E-state index contributed by atoms with van der Waals surface area (Å²) in [5, 5.41) is 0. The fourth-order valence-corrected chi connectivity index (χ4v) is 2.32. The van der Waals surface area contributed by atoms with Crippen LogP contribution in [0.25, 0.3) is 0 Å². The van der Waals surface area contributed by atoms with E-state index >= 15 is 0 Å². The van der Waals surface area contributed by atoms with E-state index in [9.17, 15) is 9.59 Å². The van der Waals surface area contributed by atoms with Crippen molar-refractivity contribution >= 4 is 12.2 Å². The molecule has 23 heavy (non-hydrogen) atoms. The van der Waals surface area contributed by atoms with Crippen LogP contribution in [-0.4, -0.2) is 47.4 Å². The van der Waals surface area contributed by atoms with Crippen LogP contribution >= 0.6 is 0 Å². The number of hydrogen-bond donors (Lipinski definition) is 2. The summed E-state index contributed by atoms with van der Waals surface area (Å²) in [5.74, 6) is 0. The van der Waals surface area contributed by atoms with E-state index in [0.29, 0.717) is 13.1 Å². The Balaban J connectivity index is 2.46. The number of amides is 2. The third kappa shape index (κ3) is 8.06. The first-order valence-corrected chi connectivity index (χ1v) is 8.19. The van der Waals surface area contributed by atoms with Gasteiger partial charge in [0.25, 0.3) is 0 Å². The number of rotatable bonds is 3. The lowest BCUT2D eigenvalue weighted by Crippen LogP contribution is -2.53. The van der Waals surface area contributed by atoms with Gasteiger partial charge in [-0.1, -0.05) is 0 Å². The lowest BCUT2D eigenvalue weighted by atomic mass is 10.0. The fraction of sp³-hybridized carbons (Fsp3) is 0.875. The molecule has 2 amide bonds. The molecule has 7 nitrogen and oxygen atoms in total. The Kier molecular flexibility index (Phi) is 6.68.